The number of rotatable bonds is 5. The van der Waals surface area contributed by atoms with Crippen LogP contribution in [0.25, 0.3) is 0 Å². The van der Waals surface area contributed by atoms with Crippen LogP contribution in [0.15, 0.2) is 29.8 Å². The average Bonchev–Trinajstić information content (AvgIpc) is 2.92. The normalized spacial score (nSPS) is 10.2. The van der Waals surface area contributed by atoms with Crippen molar-refractivity contribution in [1.29, 1.82) is 0 Å². The van der Waals surface area contributed by atoms with Crippen LogP contribution in [0.5, 0.6) is 0 Å². The van der Waals surface area contributed by atoms with Gasteiger partial charge in [-0.3, -0.25) is 14.9 Å². The number of carbonyl (C=O) groups is 1. The van der Waals surface area contributed by atoms with Gasteiger partial charge in [0.2, 0.25) is 0 Å². The van der Waals surface area contributed by atoms with Gasteiger partial charge >= 0.3 is 0 Å². The highest BCUT2D eigenvalue weighted by Gasteiger charge is 2.16. The number of aromatic nitrogens is 1. The minimum Gasteiger partial charge on any atom is -0.352 e. The third-order valence-corrected chi connectivity index (χ3v) is 3.67. The van der Waals surface area contributed by atoms with E-state index in [1.165, 1.54) is 29.5 Å². The van der Waals surface area contributed by atoms with Crippen molar-refractivity contribution >= 4 is 34.5 Å². The van der Waals surface area contributed by atoms with Crippen molar-refractivity contribution in [1.82, 2.24) is 10.3 Å². The molecule has 0 radical (unpaired) electrons. The number of benzene rings is 1. The Hall–Kier alpha value is -1.99. The summed E-state index contributed by atoms with van der Waals surface area (Å²) in [5.41, 5.74) is -0.0699. The van der Waals surface area contributed by atoms with Crippen LogP contribution < -0.4 is 5.32 Å². The van der Waals surface area contributed by atoms with E-state index in [1.54, 1.807) is 6.20 Å². The predicted molar refractivity (Wildman–Crippen MR) is 76.3 cm³/mol. The van der Waals surface area contributed by atoms with E-state index in [-0.39, 0.29) is 22.2 Å². The molecule has 0 aliphatic heterocycles. The maximum Gasteiger partial charge on any atom is 0.288 e. The minimum absolute atomic E-state index is 0.00864. The molecule has 1 heterocycles. The SMILES string of the molecule is O=C(NCCc1nccs1)c1ccc(Cl)c([N+](=O)[O-])c1. The second-order valence-electron chi connectivity index (χ2n) is 3.86. The van der Waals surface area contributed by atoms with Gasteiger partial charge in [0.1, 0.15) is 5.02 Å². The first-order valence-electron chi connectivity index (χ1n) is 5.68. The number of thiazole rings is 1. The first kappa shape index (κ1) is 14.4. The monoisotopic (exact) mass is 311 g/mol. The summed E-state index contributed by atoms with van der Waals surface area (Å²) in [5.74, 6) is -0.374. The van der Waals surface area contributed by atoms with Gasteiger partial charge in [0.15, 0.2) is 0 Å². The smallest absolute Gasteiger partial charge is 0.288 e. The van der Waals surface area contributed by atoms with Crippen molar-refractivity contribution in [3.8, 4) is 0 Å². The van der Waals surface area contributed by atoms with E-state index in [9.17, 15) is 14.9 Å². The Labute approximate surface area is 123 Å². The Balaban J connectivity index is 1.98. The van der Waals surface area contributed by atoms with Crippen molar-refractivity contribution < 1.29 is 9.72 Å². The molecular weight excluding hydrogens is 302 g/mol. The third kappa shape index (κ3) is 3.52. The van der Waals surface area contributed by atoms with E-state index < -0.39 is 4.92 Å². The van der Waals surface area contributed by atoms with Gasteiger partial charge in [-0.25, -0.2) is 4.98 Å². The summed E-state index contributed by atoms with van der Waals surface area (Å²) in [6.45, 7) is 0.419. The highest BCUT2D eigenvalue weighted by molar-refractivity contribution is 7.09. The van der Waals surface area contributed by atoms with Crippen LogP contribution in [0.3, 0.4) is 0 Å². The number of halogens is 1. The van der Waals surface area contributed by atoms with E-state index in [2.05, 4.69) is 10.3 Å². The molecule has 1 aromatic heterocycles. The van der Waals surface area contributed by atoms with Crippen LogP contribution in [0.4, 0.5) is 5.69 Å². The number of carbonyl (C=O) groups excluding carboxylic acids is 1. The van der Waals surface area contributed by atoms with Gasteiger partial charge in [0, 0.05) is 36.2 Å². The predicted octanol–water partition coefficient (Wildman–Crippen LogP) is 2.68. The molecule has 0 fully saturated rings. The van der Waals surface area contributed by atoms with Crippen LogP contribution in [0.2, 0.25) is 5.02 Å². The quantitative estimate of drug-likeness (QED) is 0.679. The molecule has 0 atom stereocenters. The second-order valence-corrected chi connectivity index (χ2v) is 5.24. The Morgan fingerprint density at radius 1 is 1.50 bits per heavy atom. The molecule has 0 saturated carbocycles. The lowest BCUT2D eigenvalue weighted by atomic mass is 10.2. The van der Waals surface area contributed by atoms with Crippen LogP contribution in [0, 0.1) is 10.1 Å². The molecule has 6 nitrogen and oxygen atoms in total. The average molecular weight is 312 g/mol. The fourth-order valence-corrected chi connectivity index (χ4v) is 2.36. The van der Waals surface area contributed by atoms with Crippen LogP contribution in [-0.2, 0) is 6.42 Å². The zero-order valence-corrected chi connectivity index (χ0v) is 11.8. The molecule has 1 amide bonds. The number of hydrogen-bond donors (Lipinski definition) is 1. The van der Waals surface area contributed by atoms with Gasteiger partial charge < -0.3 is 5.32 Å². The number of nitrogens with one attached hydrogen (secondary N) is 1. The highest BCUT2D eigenvalue weighted by atomic mass is 35.5. The maximum atomic E-state index is 11.9. The van der Waals surface area contributed by atoms with Crippen molar-refractivity contribution in [2.24, 2.45) is 0 Å². The molecule has 0 aliphatic carbocycles. The molecule has 2 aromatic rings. The molecule has 0 spiro atoms. The first-order chi connectivity index (χ1) is 9.58. The number of nitrogens with zero attached hydrogens (tertiary/aromatic N) is 2. The summed E-state index contributed by atoms with van der Waals surface area (Å²) in [6, 6.07) is 3.96. The minimum atomic E-state index is -0.616. The van der Waals surface area contributed by atoms with E-state index in [4.69, 9.17) is 11.6 Å². The lowest BCUT2D eigenvalue weighted by Crippen LogP contribution is -2.25. The molecule has 20 heavy (non-hydrogen) atoms. The molecule has 1 N–H and O–H groups in total. The number of nitro benzene ring substituents is 1. The largest absolute Gasteiger partial charge is 0.352 e. The highest BCUT2D eigenvalue weighted by Crippen LogP contribution is 2.24. The third-order valence-electron chi connectivity index (χ3n) is 2.51. The van der Waals surface area contributed by atoms with Crippen molar-refractivity contribution in [3.05, 3.63) is 55.5 Å². The van der Waals surface area contributed by atoms with Gasteiger partial charge in [-0.15, -0.1) is 11.3 Å². The van der Waals surface area contributed by atoms with Crippen molar-refractivity contribution in [3.63, 3.8) is 0 Å². The van der Waals surface area contributed by atoms with Crippen molar-refractivity contribution in [2.45, 2.75) is 6.42 Å². The number of amides is 1. The molecule has 0 bridgehead atoms. The lowest BCUT2D eigenvalue weighted by molar-refractivity contribution is -0.384. The van der Waals surface area contributed by atoms with Crippen LogP contribution >= 0.6 is 22.9 Å². The molecule has 0 aliphatic rings. The Kier molecular flexibility index (Phi) is 4.65. The second kappa shape index (κ2) is 6.44. The van der Waals surface area contributed by atoms with Crippen molar-refractivity contribution in [2.75, 3.05) is 6.54 Å². The van der Waals surface area contributed by atoms with E-state index in [0.717, 1.165) is 5.01 Å². The molecule has 0 unspecified atom stereocenters. The van der Waals surface area contributed by atoms with Gasteiger partial charge in [0.25, 0.3) is 11.6 Å². The molecule has 104 valence electrons. The first-order valence-corrected chi connectivity index (χ1v) is 6.94. The van der Waals surface area contributed by atoms with E-state index >= 15 is 0 Å². The Morgan fingerprint density at radius 3 is 2.95 bits per heavy atom. The number of hydrogen-bond acceptors (Lipinski definition) is 5. The van der Waals surface area contributed by atoms with Crippen LogP contribution in [0.1, 0.15) is 15.4 Å². The van der Waals surface area contributed by atoms with E-state index in [0.29, 0.717) is 13.0 Å². The Bertz CT molecular complexity index is 631. The van der Waals surface area contributed by atoms with Gasteiger partial charge in [-0.2, -0.15) is 0 Å². The molecule has 8 heteroatoms. The fourth-order valence-electron chi connectivity index (χ4n) is 1.56. The summed E-state index contributed by atoms with van der Waals surface area (Å²) >= 11 is 7.20. The lowest BCUT2D eigenvalue weighted by Gasteiger charge is -2.04. The van der Waals surface area contributed by atoms with Gasteiger partial charge in [-0.05, 0) is 12.1 Å². The molecule has 0 saturated heterocycles. The standard InChI is InChI=1S/C12H10ClN3O3S/c13-9-2-1-8(7-10(9)16(18)19)12(17)15-4-3-11-14-5-6-20-11/h1-2,5-7H,3-4H2,(H,15,17). The maximum absolute atomic E-state index is 11.9. The summed E-state index contributed by atoms with van der Waals surface area (Å²) in [5, 5.41) is 16.2. The van der Waals surface area contributed by atoms with Crippen LogP contribution in [-0.4, -0.2) is 22.4 Å². The molecular formula is C12H10ClN3O3S. The summed E-state index contributed by atoms with van der Waals surface area (Å²) < 4.78 is 0. The topological polar surface area (TPSA) is 85.1 Å². The van der Waals surface area contributed by atoms with Gasteiger partial charge in [-0.1, -0.05) is 11.6 Å². The van der Waals surface area contributed by atoms with Gasteiger partial charge in [0.05, 0.1) is 9.93 Å². The number of nitro groups is 1. The summed E-state index contributed by atoms with van der Waals surface area (Å²) in [4.78, 5) is 26.1. The molecule has 2 rings (SSSR count). The zero-order valence-electron chi connectivity index (χ0n) is 10.2. The zero-order chi connectivity index (χ0) is 14.5. The fraction of sp³-hybridized carbons (Fsp3) is 0.167. The Morgan fingerprint density at radius 2 is 2.30 bits per heavy atom. The molecule has 1 aromatic carbocycles. The van der Waals surface area contributed by atoms with E-state index in [1.807, 2.05) is 5.38 Å². The summed E-state index contributed by atoms with van der Waals surface area (Å²) in [7, 11) is 0. The summed E-state index contributed by atoms with van der Waals surface area (Å²) in [6.07, 6.45) is 2.32.